The van der Waals surface area contributed by atoms with Gasteiger partial charge in [0.25, 0.3) is 0 Å². The van der Waals surface area contributed by atoms with E-state index in [9.17, 15) is 0 Å². The third kappa shape index (κ3) is 0.914. The van der Waals surface area contributed by atoms with Gasteiger partial charge in [0.2, 0.25) is 0 Å². The highest BCUT2D eigenvalue weighted by Crippen LogP contribution is 2.20. The van der Waals surface area contributed by atoms with Gasteiger partial charge >= 0.3 is 0 Å². The summed E-state index contributed by atoms with van der Waals surface area (Å²) < 4.78 is 2.94. The molecule has 0 atom stereocenters. The van der Waals surface area contributed by atoms with Crippen LogP contribution in [0.15, 0.2) is 22.8 Å². The Morgan fingerprint density at radius 1 is 1.50 bits per heavy atom. The van der Waals surface area contributed by atoms with Gasteiger partial charge in [-0.3, -0.25) is 4.40 Å². The van der Waals surface area contributed by atoms with E-state index in [1.54, 1.807) is 0 Å². The third-order valence-electron chi connectivity index (χ3n) is 1.81. The second kappa shape index (κ2) is 2.48. The quantitative estimate of drug-likeness (QED) is 0.698. The van der Waals surface area contributed by atoms with Crippen molar-refractivity contribution < 1.29 is 0 Å². The van der Waals surface area contributed by atoms with E-state index in [0.717, 1.165) is 15.9 Å². The lowest BCUT2D eigenvalue weighted by atomic mass is 10.4. The first-order chi connectivity index (χ1) is 5.70. The highest BCUT2D eigenvalue weighted by Gasteiger charge is 2.05. The van der Waals surface area contributed by atoms with Crippen LogP contribution in [0.2, 0.25) is 0 Å². The number of fused-ring (bicyclic) bond motifs is 1. The molecule has 2 aromatic heterocycles. The summed E-state index contributed by atoms with van der Waals surface area (Å²) in [5.41, 5.74) is 6.64. The molecule has 2 heterocycles. The van der Waals surface area contributed by atoms with E-state index in [0.29, 0.717) is 5.82 Å². The van der Waals surface area contributed by atoms with Crippen LogP contribution in [0.1, 0.15) is 5.82 Å². The van der Waals surface area contributed by atoms with Gasteiger partial charge in [0.1, 0.15) is 11.6 Å². The molecule has 0 aliphatic rings. The Bertz CT molecular complexity index is 433. The topological polar surface area (TPSA) is 43.3 Å². The van der Waals surface area contributed by atoms with E-state index in [-0.39, 0.29) is 0 Å². The van der Waals surface area contributed by atoms with Crippen LogP contribution in [0.4, 0.5) is 5.82 Å². The van der Waals surface area contributed by atoms with E-state index in [1.807, 2.05) is 29.5 Å². The van der Waals surface area contributed by atoms with Gasteiger partial charge in [-0.2, -0.15) is 0 Å². The summed E-state index contributed by atoms with van der Waals surface area (Å²) in [7, 11) is 0. The molecule has 2 N–H and O–H groups in total. The number of pyridine rings is 1. The lowest BCUT2D eigenvalue weighted by molar-refractivity contribution is 1.02. The van der Waals surface area contributed by atoms with Crippen LogP contribution in [0.25, 0.3) is 5.52 Å². The predicted octanol–water partition coefficient (Wildman–Crippen LogP) is 1.99. The molecule has 12 heavy (non-hydrogen) atoms. The van der Waals surface area contributed by atoms with Crippen molar-refractivity contribution in [3.8, 4) is 0 Å². The summed E-state index contributed by atoms with van der Waals surface area (Å²) in [4.78, 5) is 4.16. The van der Waals surface area contributed by atoms with Crippen LogP contribution >= 0.6 is 15.9 Å². The lowest BCUT2D eigenvalue weighted by Crippen LogP contribution is -1.89. The molecule has 0 saturated carbocycles. The molecule has 0 fully saturated rings. The minimum absolute atomic E-state index is 0.578. The van der Waals surface area contributed by atoms with Crippen molar-refractivity contribution in [1.29, 1.82) is 0 Å². The molecule has 0 unspecified atom stereocenters. The maximum atomic E-state index is 5.69. The normalized spacial score (nSPS) is 10.8. The van der Waals surface area contributed by atoms with Crippen LogP contribution in [0, 0.1) is 6.92 Å². The Balaban J connectivity index is 2.99. The molecule has 0 amide bonds. The first kappa shape index (κ1) is 7.61. The zero-order valence-corrected chi connectivity index (χ0v) is 8.17. The van der Waals surface area contributed by atoms with Gasteiger partial charge in [-0.15, -0.1) is 0 Å². The van der Waals surface area contributed by atoms with Gasteiger partial charge in [-0.1, -0.05) is 6.07 Å². The summed E-state index contributed by atoms with van der Waals surface area (Å²) in [6.07, 6.45) is 0. The lowest BCUT2D eigenvalue weighted by Gasteiger charge is -1.98. The molecular weight excluding hydrogens is 218 g/mol. The Morgan fingerprint density at radius 3 is 2.92 bits per heavy atom. The Hall–Kier alpha value is -1.03. The minimum atomic E-state index is 0.578. The Labute approximate surface area is 78.3 Å². The largest absolute Gasteiger partial charge is 0.382 e. The minimum Gasteiger partial charge on any atom is -0.382 e. The fourth-order valence-corrected chi connectivity index (χ4v) is 1.89. The van der Waals surface area contributed by atoms with Gasteiger partial charge in [0.05, 0.1) is 10.1 Å². The molecule has 3 nitrogen and oxygen atoms in total. The van der Waals surface area contributed by atoms with Crippen LogP contribution in [-0.2, 0) is 0 Å². The van der Waals surface area contributed by atoms with Crippen molar-refractivity contribution in [3.05, 3.63) is 28.6 Å². The zero-order chi connectivity index (χ0) is 8.72. The molecule has 62 valence electrons. The predicted molar refractivity (Wildman–Crippen MR) is 52.0 cm³/mol. The molecule has 0 bridgehead atoms. The number of nitrogens with zero attached hydrogens (tertiary/aromatic N) is 2. The van der Waals surface area contributed by atoms with Gasteiger partial charge in [-0.05, 0) is 35.0 Å². The summed E-state index contributed by atoms with van der Waals surface area (Å²) in [6, 6.07) is 5.85. The first-order valence-corrected chi connectivity index (χ1v) is 4.38. The van der Waals surface area contributed by atoms with E-state index in [1.165, 1.54) is 0 Å². The number of aromatic nitrogens is 2. The van der Waals surface area contributed by atoms with Crippen molar-refractivity contribution in [2.45, 2.75) is 6.92 Å². The average molecular weight is 226 g/mol. The van der Waals surface area contributed by atoms with Gasteiger partial charge < -0.3 is 5.73 Å². The molecule has 2 rings (SSSR count). The molecule has 0 saturated heterocycles. The molecule has 0 aliphatic carbocycles. The molecule has 0 aliphatic heterocycles. The molecule has 4 heteroatoms. The average Bonchev–Trinajstić information content (AvgIpc) is 2.29. The number of nitrogen functional groups attached to an aromatic ring is 1. The van der Waals surface area contributed by atoms with E-state index < -0.39 is 0 Å². The van der Waals surface area contributed by atoms with Crippen LogP contribution in [0.3, 0.4) is 0 Å². The maximum absolute atomic E-state index is 5.69. The number of aryl methyl sites for hydroxylation is 1. The number of anilines is 1. The monoisotopic (exact) mass is 225 g/mol. The SMILES string of the molecule is Cc1nc(N)c2cccc(Br)n12. The number of halogens is 1. The van der Waals surface area contributed by atoms with Crippen molar-refractivity contribution in [3.63, 3.8) is 0 Å². The number of hydrogen-bond acceptors (Lipinski definition) is 2. The van der Waals surface area contributed by atoms with Crippen molar-refractivity contribution in [2.24, 2.45) is 0 Å². The number of nitrogens with two attached hydrogens (primary N) is 1. The number of hydrogen-bond donors (Lipinski definition) is 1. The summed E-state index contributed by atoms with van der Waals surface area (Å²) in [5.74, 6) is 1.48. The fraction of sp³-hybridized carbons (Fsp3) is 0.125. The second-order valence-corrected chi connectivity index (χ2v) is 3.43. The maximum Gasteiger partial charge on any atom is 0.149 e. The highest BCUT2D eigenvalue weighted by molar-refractivity contribution is 9.10. The second-order valence-electron chi connectivity index (χ2n) is 2.61. The molecule has 0 radical (unpaired) electrons. The fourth-order valence-electron chi connectivity index (χ4n) is 1.29. The van der Waals surface area contributed by atoms with E-state index in [2.05, 4.69) is 20.9 Å². The van der Waals surface area contributed by atoms with Crippen molar-refractivity contribution >= 4 is 27.3 Å². The van der Waals surface area contributed by atoms with Gasteiger partial charge in [0, 0.05) is 0 Å². The molecule has 0 aromatic carbocycles. The van der Waals surface area contributed by atoms with Gasteiger partial charge in [0.15, 0.2) is 0 Å². The first-order valence-electron chi connectivity index (χ1n) is 3.59. The molecule has 0 spiro atoms. The highest BCUT2D eigenvalue weighted by atomic mass is 79.9. The Morgan fingerprint density at radius 2 is 2.25 bits per heavy atom. The summed E-state index contributed by atoms with van der Waals surface area (Å²) in [6.45, 7) is 1.92. The third-order valence-corrected chi connectivity index (χ3v) is 2.43. The van der Waals surface area contributed by atoms with E-state index >= 15 is 0 Å². The van der Waals surface area contributed by atoms with E-state index in [4.69, 9.17) is 5.73 Å². The number of imidazole rings is 1. The number of rotatable bonds is 0. The van der Waals surface area contributed by atoms with Crippen molar-refractivity contribution in [1.82, 2.24) is 9.38 Å². The smallest absolute Gasteiger partial charge is 0.149 e. The zero-order valence-electron chi connectivity index (χ0n) is 6.58. The van der Waals surface area contributed by atoms with Crippen molar-refractivity contribution in [2.75, 3.05) is 5.73 Å². The summed E-state index contributed by atoms with van der Waals surface area (Å²) >= 11 is 3.43. The summed E-state index contributed by atoms with van der Waals surface area (Å²) in [5, 5.41) is 0. The Kier molecular flexibility index (Phi) is 1.58. The molecule has 2 aromatic rings. The van der Waals surface area contributed by atoms with Gasteiger partial charge in [-0.25, -0.2) is 4.98 Å². The van der Waals surface area contributed by atoms with Crippen LogP contribution in [-0.4, -0.2) is 9.38 Å². The standard InChI is InChI=1S/C8H8BrN3/c1-5-11-8(10)6-3-2-4-7(9)12(5)6/h2-4H,10H2,1H3. The van der Waals surface area contributed by atoms with Crippen LogP contribution in [0.5, 0.6) is 0 Å². The molecular formula is C8H8BrN3. The van der Waals surface area contributed by atoms with Crippen LogP contribution < -0.4 is 5.73 Å².